The lowest BCUT2D eigenvalue weighted by Gasteiger charge is -2.21. The zero-order valence-corrected chi connectivity index (χ0v) is 66.4. The topological polar surface area (TPSA) is 237 Å². The van der Waals surface area contributed by atoms with Crippen LogP contribution >= 0.6 is 15.6 Å². The maximum absolute atomic E-state index is 13.1. The highest BCUT2D eigenvalue weighted by Gasteiger charge is 2.30. The Balaban J connectivity index is 5.24. The first-order valence-corrected chi connectivity index (χ1v) is 44.6. The molecule has 3 N–H and O–H groups in total. The largest absolute Gasteiger partial charge is 0.472 e. The van der Waals surface area contributed by atoms with Gasteiger partial charge in [-0.3, -0.25) is 37.3 Å². The van der Waals surface area contributed by atoms with E-state index in [2.05, 4.69) is 34.6 Å². The van der Waals surface area contributed by atoms with E-state index >= 15 is 0 Å². The van der Waals surface area contributed by atoms with Crippen molar-refractivity contribution in [2.45, 2.75) is 445 Å². The van der Waals surface area contributed by atoms with Gasteiger partial charge in [-0.25, -0.2) is 9.13 Å². The van der Waals surface area contributed by atoms with Crippen LogP contribution in [-0.4, -0.2) is 96.7 Å². The fraction of sp³-hybridized carbons (Fsp3) is 0.950. The Hall–Kier alpha value is -1.94. The van der Waals surface area contributed by atoms with Crippen molar-refractivity contribution in [1.29, 1.82) is 0 Å². The van der Waals surface area contributed by atoms with E-state index in [-0.39, 0.29) is 25.7 Å². The summed E-state index contributed by atoms with van der Waals surface area (Å²) in [5.74, 6) is -1.32. The van der Waals surface area contributed by atoms with E-state index in [1.54, 1.807) is 0 Å². The van der Waals surface area contributed by atoms with Crippen LogP contribution in [0.25, 0.3) is 0 Å². The number of aliphatic hydroxyl groups is 1. The quantitative estimate of drug-likeness (QED) is 0.0222. The Morgan fingerprint density at radius 2 is 0.465 bits per heavy atom. The highest BCUT2D eigenvalue weighted by molar-refractivity contribution is 7.47. The summed E-state index contributed by atoms with van der Waals surface area (Å²) in [5.41, 5.74) is 0. The van der Waals surface area contributed by atoms with Crippen molar-refractivity contribution in [3.8, 4) is 0 Å². The minimum absolute atomic E-state index is 0.109. The number of carbonyl (C=O) groups is 4. The average Bonchev–Trinajstić information content (AvgIpc) is 1.42. The smallest absolute Gasteiger partial charge is 0.462 e. The molecule has 17 nitrogen and oxygen atoms in total. The first-order valence-electron chi connectivity index (χ1n) is 41.6. The normalized spacial score (nSPS) is 13.9. The van der Waals surface area contributed by atoms with Crippen molar-refractivity contribution in [3.63, 3.8) is 0 Å². The number of aliphatic hydroxyl groups excluding tert-OH is 1. The SMILES string of the molecule is CCCCCCCCCCCCCCCCCCCCCC(=O)O[C@H](COC(=O)CCCCCCCCCCCCCCC(C)C)COP(=O)(O)OC[C@@H](O)COP(=O)(O)OC[C@@H](COC(=O)CCCCCCCCCCCCC)OC(=O)CCCCCCCCCCCCCCCC. The summed E-state index contributed by atoms with van der Waals surface area (Å²) < 4.78 is 68.7. The zero-order valence-electron chi connectivity index (χ0n) is 64.6. The molecule has 99 heavy (non-hydrogen) atoms. The van der Waals surface area contributed by atoms with E-state index in [1.165, 1.54) is 250 Å². The molecule has 0 bridgehead atoms. The van der Waals surface area contributed by atoms with Crippen LogP contribution in [0.15, 0.2) is 0 Å². The summed E-state index contributed by atoms with van der Waals surface area (Å²) >= 11 is 0. The Morgan fingerprint density at radius 1 is 0.273 bits per heavy atom. The molecular weight excluding hydrogens is 1290 g/mol. The molecule has 0 amide bonds. The average molecular weight is 1450 g/mol. The van der Waals surface area contributed by atoms with Gasteiger partial charge in [-0.15, -0.1) is 0 Å². The predicted octanol–water partition coefficient (Wildman–Crippen LogP) is 24.0. The van der Waals surface area contributed by atoms with Gasteiger partial charge in [0.15, 0.2) is 12.2 Å². The first-order chi connectivity index (χ1) is 48.0. The predicted molar refractivity (Wildman–Crippen MR) is 405 cm³/mol. The summed E-state index contributed by atoms with van der Waals surface area (Å²) in [6.45, 7) is 7.34. The number of rotatable bonds is 80. The molecule has 0 aliphatic heterocycles. The number of esters is 4. The molecule has 588 valence electrons. The van der Waals surface area contributed by atoms with E-state index < -0.39 is 97.5 Å². The van der Waals surface area contributed by atoms with Crippen LogP contribution in [-0.2, 0) is 65.4 Å². The second kappa shape index (κ2) is 73.0. The lowest BCUT2D eigenvalue weighted by molar-refractivity contribution is -0.161. The molecule has 0 fully saturated rings. The molecule has 0 aromatic heterocycles. The third kappa shape index (κ3) is 74.1. The third-order valence-corrected chi connectivity index (χ3v) is 20.7. The van der Waals surface area contributed by atoms with Crippen LogP contribution < -0.4 is 0 Å². The summed E-state index contributed by atoms with van der Waals surface area (Å²) in [5, 5.41) is 10.6. The second-order valence-electron chi connectivity index (χ2n) is 29.3. The van der Waals surface area contributed by atoms with Gasteiger partial charge in [-0.05, 0) is 31.6 Å². The molecule has 0 heterocycles. The van der Waals surface area contributed by atoms with E-state index in [1.807, 2.05) is 0 Å². The fourth-order valence-corrected chi connectivity index (χ4v) is 14.0. The highest BCUT2D eigenvalue weighted by atomic mass is 31.2. The molecule has 0 saturated carbocycles. The molecular formula is C80H156O17P2. The van der Waals surface area contributed by atoms with Crippen molar-refractivity contribution < 1.29 is 80.2 Å². The van der Waals surface area contributed by atoms with Gasteiger partial charge in [0.2, 0.25) is 0 Å². The van der Waals surface area contributed by atoms with Crippen LogP contribution in [0, 0.1) is 5.92 Å². The van der Waals surface area contributed by atoms with Gasteiger partial charge in [0.1, 0.15) is 19.3 Å². The van der Waals surface area contributed by atoms with Crippen molar-refractivity contribution >= 4 is 39.5 Å². The van der Waals surface area contributed by atoms with Gasteiger partial charge in [0.25, 0.3) is 0 Å². The Kier molecular flexibility index (Phi) is 71.6. The Morgan fingerprint density at radius 3 is 0.687 bits per heavy atom. The van der Waals surface area contributed by atoms with E-state index in [0.717, 1.165) is 95.8 Å². The summed E-state index contributed by atoms with van der Waals surface area (Å²) in [6.07, 6.45) is 63.7. The van der Waals surface area contributed by atoms with Gasteiger partial charge in [0.05, 0.1) is 26.4 Å². The highest BCUT2D eigenvalue weighted by Crippen LogP contribution is 2.45. The number of carbonyl (C=O) groups excluding carboxylic acids is 4. The van der Waals surface area contributed by atoms with Crippen molar-refractivity contribution in [3.05, 3.63) is 0 Å². The molecule has 0 rings (SSSR count). The van der Waals surface area contributed by atoms with Gasteiger partial charge in [-0.2, -0.15) is 0 Å². The van der Waals surface area contributed by atoms with Gasteiger partial charge in [0, 0.05) is 25.7 Å². The van der Waals surface area contributed by atoms with Crippen LogP contribution in [0.2, 0.25) is 0 Å². The first kappa shape index (κ1) is 97.1. The molecule has 0 saturated heterocycles. The van der Waals surface area contributed by atoms with Crippen LogP contribution in [0.4, 0.5) is 0 Å². The molecule has 0 radical (unpaired) electrons. The maximum Gasteiger partial charge on any atom is 0.472 e. The summed E-state index contributed by atoms with van der Waals surface area (Å²) in [7, 11) is -9.92. The van der Waals surface area contributed by atoms with Crippen molar-refractivity contribution in [2.24, 2.45) is 5.92 Å². The third-order valence-electron chi connectivity index (χ3n) is 18.8. The molecule has 2 unspecified atom stereocenters. The van der Waals surface area contributed by atoms with E-state index in [4.69, 9.17) is 37.0 Å². The number of hydrogen-bond acceptors (Lipinski definition) is 15. The Labute approximate surface area is 607 Å². The number of phosphoric acid groups is 2. The number of phosphoric ester groups is 2. The van der Waals surface area contributed by atoms with E-state index in [9.17, 15) is 43.2 Å². The minimum atomic E-state index is -4.96. The molecule has 0 aromatic carbocycles. The minimum Gasteiger partial charge on any atom is -0.462 e. The van der Waals surface area contributed by atoms with Gasteiger partial charge in [-0.1, -0.05) is 375 Å². The summed E-state index contributed by atoms with van der Waals surface area (Å²) in [4.78, 5) is 73.0. The lowest BCUT2D eigenvalue weighted by Crippen LogP contribution is -2.30. The maximum atomic E-state index is 13.1. The zero-order chi connectivity index (χ0) is 72.7. The van der Waals surface area contributed by atoms with Crippen molar-refractivity contribution in [2.75, 3.05) is 39.6 Å². The molecule has 0 spiro atoms. The van der Waals surface area contributed by atoms with Crippen LogP contribution in [0.1, 0.15) is 426 Å². The second-order valence-corrected chi connectivity index (χ2v) is 32.2. The molecule has 0 aliphatic rings. The fourth-order valence-electron chi connectivity index (χ4n) is 12.4. The standard InChI is InChI=1S/C80H156O17P2/c1-6-9-12-15-18-21-24-26-28-29-30-31-32-34-41-46-51-56-61-66-80(85)97-76(70-91-78(83)64-59-54-49-44-39-36-35-38-42-47-52-57-62-73(4)5)72-95-99(88,89)93-68-74(81)67-92-98(86,87)94-71-75(69-90-77(82)63-58-53-48-43-37-23-20-17-14-11-8-3)96-79(84)65-60-55-50-45-40-33-27-25-22-19-16-13-10-7-2/h73-76,81H,6-72H2,1-5H3,(H,86,87)(H,88,89)/t74-,75+,76+/m0/s1. The number of hydrogen-bond donors (Lipinski definition) is 3. The monoisotopic (exact) mass is 1450 g/mol. The van der Waals surface area contributed by atoms with Crippen LogP contribution in [0.5, 0.6) is 0 Å². The van der Waals surface area contributed by atoms with E-state index in [0.29, 0.717) is 25.7 Å². The molecule has 0 aromatic rings. The van der Waals surface area contributed by atoms with Crippen LogP contribution in [0.3, 0.4) is 0 Å². The number of ether oxygens (including phenoxy) is 4. The Bertz CT molecular complexity index is 1890. The molecule has 0 aliphatic carbocycles. The lowest BCUT2D eigenvalue weighted by atomic mass is 10.0. The van der Waals surface area contributed by atoms with Gasteiger partial charge < -0.3 is 33.8 Å². The molecule has 19 heteroatoms. The van der Waals surface area contributed by atoms with Crippen molar-refractivity contribution in [1.82, 2.24) is 0 Å². The molecule has 5 atom stereocenters. The summed E-state index contributed by atoms with van der Waals surface area (Å²) in [6, 6.07) is 0. The van der Waals surface area contributed by atoms with Gasteiger partial charge >= 0.3 is 39.5 Å². The number of unbranched alkanes of at least 4 members (excludes halogenated alkanes) is 52.